The van der Waals surface area contributed by atoms with E-state index in [1.807, 2.05) is 24.8 Å². The summed E-state index contributed by atoms with van der Waals surface area (Å²) in [6.45, 7) is 17.5. The molecule has 4 aliphatic rings. The maximum atomic E-state index is 6.07. The summed E-state index contributed by atoms with van der Waals surface area (Å²) in [5.74, 6) is 4.37. The topological polar surface area (TPSA) is 73.8 Å². The molecule has 2 unspecified atom stereocenters. The minimum atomic E-state index is 0.302. The third-order valence-electron chi connectivity index (χ3n) is 11.8. The van der Waals surface area contributed by atoms with Gasteiger partial charge in [-0.1, -0.05) is 13.8 Å². The van der Waals surface area contributed by atoms with E-state index in [4.69, 9.17) is 24.7 Å². The van der Waals surface area contributed by atoms with Gasteiger partial charge in [-0.3, -0.25) is 9.80 Å². The van der Waals surface area contributed by atoms with Crippen LogP contribution in [-0.4, -0.2) is 112 Å². The molecule has 2 aromatic rings. The SMILES string of the molecule is CC(C)O[C@H]1CC[C@@H](N2CCN(c3cnc(C(C)CCC(C)c4ncc(N5CCN([C@H]6CC[C@H](CS)CC6)CC5)cn4)nc3)CC2)CC1. The van der Waals surface area contributed by atoms with E-state index in [9.17, 15) is 0 Å². The molecular formula is C38H62N8OS. The van der Waals surface area contributed by atoms with Gasteiger partial charge in [-0.05, 0) is 89.7 Å². The monoisotopic (exact) mass is 678 g/mol. The average Bonchev–Trinajstić information content (AvgIpc) is 3.14. The molecule has 9 nitrogen and oxygen atoms in total. The van der Waals surface area contributed by atoms with E-state index in [1.165, 1.54) is 51.4 Å². The summed E-state index contributed by atoms with van der Waals surface area (Å²) in [5.41, 5.74) is 2.31. The summed E-state index contributed by atoms with van der Waals surface area (Å²) < 4.78 is 6.07. The highest BCUT2D eigenvalue weighted by Gasteiger charge is 2.30. The molecule has 2 atom stereocenters. The molecule has 0 aromatic carbocycles. The maximum absolute atomic E-state index is 6.07. The second-order valence-electron chi connectivity index (χ2n) is 15.5. The van der Waals surface area contributed by atoms with Crippen molar-refractivity contribution in [3.63, 3.8) is 0 Å². The molecule has 2 aromatic heterocycles. The van der Waals surface area contributed by atoms with Crippen molar-refractivity contribution in [2.75, 3.05) is 67.9 Å². The first kappa shape index (κ1) is 35.8. The summed E-state index contributed by atoms with van der Waals surface area (Å²) in [7, 11) is 0. The second kappa shape index (κ2) is 17.3. The summed E-state index contributed by atoms with van der Waals surface area (Å²) in [6.07, 6.45) is 21.3. The molecule has 0 N–H and O–H groups in total. The molecule has 266 valence electrons. The number of hydrogen-bond donors (Lipinski definition) is 1. The summed E-state index contributed by atoms with van der Waals surface area (Å²) in [6, 6.07) is 1.48. The molecule has 2 aliphatic carbocycles. The number of aromatic nitrogens is 4. The molecular weight excluding hydrogens is 617 g/mol. The number of piperazine rings is 2. The number of ether oxygens (including phenoxy) is 1. The largest absolute Gasteiger partial charge is 0.376 e. The van der Waals surface area contributed by atoms with Crippen molar-refractivity contribution in [3.8, 4) is 0 Å². The molecule has 0 radical (unpaired) electrons. The Kier molecular flexibility index (Phi) is 12.9. The molecule has 0 bridgehead atoms. The van der Waals surface area contributed by atoms with Crippen molar-refractivity contribution < 1.29 is 4.74 Å². The van der Waals surface area contributed by atoms with E-state index < -0.39 is 0 Å². The van der Waals surface area contributed by atoms with Crippen molar-refractivity contribution >= 4 is 24.0 Å². The van der Waals surface area contributed by atoms with E-state index in [0.717, 1.165) is 106 Å². The third kappa shape index (κ3) is 9.40. The zero-order chi connectivity index (χ0) is 33.5. The summed E-state index contributed by atoms with van der Waals surface area (Å²) >= 11 is 4.52. The number of nitrogens with zero attached hydrogens (tertiary/aromatic N) is 8. The van der Waals surface area contributed by atoms with E-state index >= 15 is 0 Å². The lowest BCUT2D eigenvalue weighted by molar-refractivity contribution is -0.0266. The van der Waals surface area contributed by atoms with E-state index in [2.05, 4.69) is 59.9 Å². The lowest BCUT2D eigenvalue weighted by Gasteiger charge is -2.42. The molecule has 48 heavy (non-hydrogen) atoms. The Balaban J connectivity index is 0.897. The van der Waals surface area contributed by atoms with E-state index in [1.54, 1.807) is 0 Å². The minimum Gasteiger partial charge on any atom is -0.376 e. The van der Waals surface area contributed by atoms with Crippen molar-refractivity contribution in [2.45, 2.75) is 128 Å². The van der Waals surface area contributed by atoms with Crippen LogP contribution in [0.1, 0.15) is 115 Å². The van der Waals surface area contributed by atoms with Crippen LogP contribution in [0.15, 0.2) is 24.8 Å². The molecule has 2 saturated heterocycles. The Bertz CT molecular complexity index is 1220. The van der Waals surface area contributed by atoms with E-state index in [0.29, 0.717) is 30.1 Å². The van der Waals surface area contributed by atoms with Gasteiger partial charge in [0.05, 0.1) is 48.4 Å². The Morgan fingerprint density at radius 1 is 0.604 bits per heavy atom. The second-order valence-corrected chi connectivity index (χ2v) is 15.9. The lowest BCUT2D eigenvalue weighted by Crippen LogP contribution is -2.51. The van der Waals surface area contributed by atoms with Crippen LogP contribution in [0.25, 0.3) is 0 Å². The van der Waals surface area contributed by atoms with Gasteiger partial charge in [-0.15, -0.1) is 0 Å². The van der Waals surface area contributed by atoms with Gasteiger partial charge >= 0.3 is 0 Å². The quantitative estimate of drug-likeness (QED) is 0.256. The molecule has 2 saturated carbocycles. The number of hydrogen-bond acceptors (Lipinski definition) is 10. The molecule has 10 heteroatoms. The normalized spacial score (nSPS) is 27.7. The fourth-order valence-corrected chi connectivity index (χ4v) is 8.94. The van der Waals surface area contributed by atoms with Crippen LogP contribution < -0.4 is 9.80 Å². The van der Waals surface area contributed by atoms with Gasteiger partial charge in [0.2, 0.25) is 0 Å². The highest BCUT2D eigenvalue weighted by atomic mass is 32.1. The Morgan fingerprint density at radius 3 is 1.38 bits per heavy atom. The van der Waals surface area contributed by atoms with Crippen molar-refractivity contribution in [3.05, 3.63) is 36.4 Å². The molecule has 6 rings (SSSR count). The molecule has 0 spiro atoms. The zero-order valence-electron chi connectivity index (χ0n) is 30.2. The van der Waals surface area contributed by atoms with Crippen LogP contribution in [0.2, 0.25) is 0 Å². The lowest BCUT2D eigenvalue weighted by atomic mass is 9.86. The van der Waals surface area contributed by atoms with Gasteiger partial charge in [-0.25, -0.2) is 19.9 Å². The summed E-state index contributed by atoms with van der Waals surface area (Å²) in [5, 5.41) is 0. The number of rotatable bonds is 12. The highest BCUT2D eigenvalue weighted by Crippen LogP contribution is 2.31. The third-order valence-corrected chi connectivity index (χ3v) is 12.3. The van der Waals surface area contributed by atoms with Crippen LogP contribution in [-0.2, 0) is 4.74 Å². The van der Waals surface area contributed by atoms with Crippen LogP contribution in [0.4, 0.5) is 11.4 Å². The first-order valence-corrected chi connectivity index (χ1v) is 19.9. The van der Waals surface area contributed by atoms with Gasteiger partial charge < -0.3 is 14.5 Å². The van der Waals surface area contributed by atoms with Crippen molar-refractivity contribution in [2.24, 2.45) is 5.92 Å². The van der Waals surface area contributed by atoms with Crippen molar-refractivity contribution in [1.29, 1.82) is 0 Å². The minimum absolute atomic E-state index is 0.302. The molecule has 2 aliphatic heterocycles. The molecule has 4 heterocycles. The van der Waals surface area contributed by atoms with Crippen LogP contribution in [0.5, 0.6) is 0 Å². The van der Waals surface area contributed by atoms with Gasteiger partial charge in [-0.2, -0.15) is 12.6 Å². The first-order chi connectivity index (χ1) is 23.4. The zero-order valence-corrected chi connectivity index (χ0v) is 31.1. The predicted molar refractivity (Wildman–Crippen MR) is 200 cm³/mol. The van der Waals surface area contributed by atoms with Crippen molar-refractivity contribution in [1.82, 2.24) is 29.7 Å². The maximum Gasteiger partial charge on any atom is 0.131 e. The standard InChI is InChI=1S/C38H62N8OS/c1-28(2)47-36-13-11-33(12-14-36)44-17-21-46(22-18-44)35-25-41-38(42-26-35)30(4)6-5-29(3)37-39-23-34(24-40-37)45-19-15-43(16-20-45)32-9-7-31(27-48)8-10-32/h23-26,28-33,36,48H,5-22,27H2,1-4H3/t29?,30?,31-,32-,33-,36+. The van der Waals surface area contributed by atoms with Crippen LogP contribution >= 0.6 is 12.6 Å². The fraction of sp³-hybridized carbons (Fsp3) is 0.789. The Labute approximate surface area is 296 Å². The fourth-order valence-electron chi connectivity index (χ4n) is 8.57. The Hall–Kier alpha value is -2.01. The first-order valence-electron chi connectivity index (χ1n) is 19.2. The van der Waals surface area contributed by atoms with Gasteiger partial charge in [0.25, 0.3) is 0 Å². The smallest absolute Gasteiger partial charge is 0.131 e. The van der Waals surface area contributed by atoms with Gasteiger partial charge in [0.15, 0.2) is 0 Å². The van der Waals surface area contributed by atoms with Crippen LogP contribution in [0, 0.1) is 5.92 Å². The Morgan fingerprint density at radius 2 is 1.00 bits per heavy atom. The average molecular weight is 679 g/mol. The van der Waals surface area contributed by atoms with Gasteiger partial charge in [0.1, 0.15) is 11.6 Å². The highest BCUT2D eigenvalue weighted by molar-refractivity contribution is 7.80. The summed E-state index contributed by atoms with van der Waals surface area (Å²) in [4.78, 5) is 29.6. The van der Waals surface area contributed by atoms with Crippen LogP contribution in [0.3, 0.4) is 0 Å². The number of anilines is 2. The molecule has 0 amide bonds. The van der Waals surface area contributed by atoms with E-state index in [-0.39, 0.29) is 0 Å². The number of thiol groups is 1. The molecule has 4 fully saturated rings. The predicted octanol–water partition coefficient (Wildman–Crippen LogP) is 6.42. The van der Waals surface area contributed by atoms with Gasteiger partial charge in [0, 0.05) is 76.3 Å².